The van der Waals surface area contributed by atoms with E-state index in [-0.39, 0.29) is 0 Å². The van der Waals surface area contributed by atoms with Crippen molar-refractivity contribution < 1.29 is 8.98 Å². The Morgan fingerprint density at radius 3 is 2.45 bits per heavy atom. The standard InChI is InChI=1S/C16H14N3O/c1-19-11-9-14(10-12-19)16-18-17-15(20-16)8-7-13-5-3-2-4-6-13/h2-12H,1H3/q+1/b8-7+. The zero-order valence-corrected chi connectivity index (χ0v) is 11.1. The van der Waals surface area contributed by atoms with Gasteiger partial charge in [-0.1, -0.05) is 30.3 Å². The zero-order chi connectivity index (χ0) is 13.8. The number of nitrogens with zero attached hydrogens (tertiary/aromatic N) is 3. The van der Waals surface area contributed by atoms with Gasteiger partial charge in [-0.15, -0.1) is 10.2 Å². The summed E-state index contributed by atoms with van der Waals surface area (Å²) in [5, 5.41) is 8.07. The fourth-order valence-electron chi connectivity index (χ4n) is 1.79. The maximum Gasteiger partial charge on any atom is 0.248 e. The summed E-state index contributed by atoms with van der Waals surface area (Å²) in [6.07, 6.45) is 7.65. The van der Waals surface area contributed by atoms with E-state index in [1.807, 2.05) is 78.6 Å². The molecule has 20 heavy (non-hydrogen) atoms. The first-order valence-electron chi connectivity index (χ1n) is 6.33. The molecule has 0 atom stereocenters. The van der Waals surface area contributed by atoms with Crippen LogP contribution in [-0.4, -0.2) is 10.2 Å². The summed E-state index contributed by atoms with van der Waals surface area (Å²) in [6.45, 7) is 0. The fraction of sp³-hybridized carbons (Fsp3) is 0.0625. The number of hydrogen-bond acceptors (Lipinski definition) is 3. The minimum absolute atomic E-state index is 0.497. The van der Waals surface area contributed by atoms with Gasteiger partial charge in [-0.25, -0.2) is 4.57 Å². The number of benzene rings is 1. The summed E-state index contributed by atoms with van der Waals surface area (Å²) in [6, 6.07) is 13.9. The van der Waals surface area contributed by atoms with Gasteiger partial charge in [0.05, 0.1) is 5.56 Å². The third-order valence-corrected chi connectivity index (χ3v) is 2.88. The van der Waals surface area contributed by atoms with E-state index in [4.69, 9.17) is 4.42 Å². The predicted octanol–water partition coefficient (Wildman–Crippen LogP) is 2.73. The highest BCUT2D eigenvalue weighted by atomic mass is 16.4. The highest BCUT2D eigenvalue weighted by Gasteiger charge is 2.07. The second kappa shape index (κ2) is 5.48. The van der Waals surface area contributed by atoms with E-state index in [1.54, 1.807) is 0 Å². The van der Waals surface area contributed by atoms with Gasteiger partial charge in [-0.2, -0.15) is 0 Å². The SMILES string of the molecule is C[n+]1ccc(-c2nnc(/C=C/c3ccccc3)o2)cc1. The van der Waals surface area contributed by atoms with Crippen LogP contribution in [-0.2, 0) is 7.05 Å². The van der Waals surface area contributed by atoms with Crippen molar-refractivity contribution in [1.29, 1.82) is 0 Å². The Labute approximate surface area is 117 Å². The number of aromatic nitrogens is 3. The van der Waals surface area contributed by atoms with Gasteiger partial charge in [0.15, 0.2) is 12.4 Å². The molecule has 2 aromatic heterocycles. The molecule has 3 aromatic rings. The van der Waals surface area contributed by atoms with Gasteiger partial charge in [0, 0.05) is 18.2 Å². The molecule has 1 aromatic carbocycles. The van der Waals surface area contributed by atoms with Crippen LogP contribution in [0.25, 0.3) is 23.6 Å². The van der Waals surface area contributed by atoms with Gasteiger partial charge in [-0.05, 0) is 11.6 Å². The van der Waals surface area contributed by atoms with Crippen LogP contribution in [0.1, 0.15) is 11.5 Å². The molecule has 0 bridgehead atoms. The van der Waals surface area contributed by atoms with E-state index < -0.39 is 0 Å². The van der Waals surface area contributed by atoms with Crippen LogP contribution in [0.5, 0.6) is 0 Å². The molecule has 0 amide bonds. The Balaban J connectivity index is 1.80. The first-order valence-corrected chi connectivity index (χ1v) is 6.33. The molecule has 0 radical (unpaired) electrons. The van der Waals surface area contributed by atoms with Crippen LogP contribution in [0, 0.1) is 0 Å². The van der Waals surface area contributed by atoms with Gasteiger partial charge in [0.1, 0.15) is 7.05 Å². The lowest BCUT2D eigenvalue weighted by atomic mass is 10.2. The molecular weight excluding hydrogens is 250 g/mol. The van der Waals surface area contributed by atoms with Gasteiger partial charge < -0.3 is 4.42 Å². The second-order valence-electron chi connectivity index (χ2n) is 4.44. The second-order valence-corrected chi connectivity index (χ2v) is 4.44. The molecule has 4 heteroatoms. The maximum atomic E-state index is 5.61. The quantitative estimate of drug-likeness (QED) is 0.683. The number of rotatable bonds is 3. The molecule has 0 aliphatic heterocycles. The molecule has 0 spiro atoms. The largest absolute Gasteiger partial charge is 0.417 e. The van der Waals surface area contributed by atoms with Crippen molar-refractivity contribution in [3.63, 3.8) is 0 Å². The highest BCUT2D eigenvalue weighted by Crippen LogP contribution is 2.17. The van der Waals surface area contributed by atoms with Gasteiger partial charge in [-0.3, -0.25) is 0 Å². The molecule has 2 heterocycles. The van der Waals surface area contributed by atoms with Crippen molar-refractivity contribution in [2.24, 2.45) is 7.05 Å². The van der Waals surface area contributed by atoms with Crippen LogP contribution in [0.2, 0.25) is 0 Å². The van der Waals surface area contributed by atoms with Gasteiger partial charge >= 0.3 is 0 Å². The summed E-state index contributed by atoms with van der Waals surface area (Å²) in [5.74, 6) is 1.02. The van der Waals surface area contributed by atoms with E-state index in [0.29, 0.717) is 11.8 Å². The average Bonchev–Trinajstić information content (AvgIpc) is 2.96. The van der Waals surface area contributed by atoms with E-state index >= 15 is 0 Å². The van der Waals surface area contributed by atoms with Crippen molar-refractivity contribution in [1.82, 2.24) is 10.2 Å². The van der Waals surface area contributed by atoms with Gasteiger partial charge in [0.25, 0.3) is 0 Å². The van der Waals surface area contributed by atoms with Crippen LogP contribution < -0.4 is 4.57 Å². The minimum Gasteiger partial charge on any atom is -0.417 e. The Bertz CT molecular complexity index is 715. The summed E-state index contributed by atoms with van der Waals surface area (Å²) in [5.41, 5.74) is 2.01. The van der Waals surface area contributed by atoms with Crippen LogP contribution in [0.15, 0.2) is 59.3 Å². The van der Waals surface area contributed by atoms with E-state index in [9.17, 15) is 0 Å². The molecule has 0 unspecified atom stereocenters. The molecule has 3 rings (SSSR count). The number of hydrogen-bond donors (Lipinski definition) is 0. The summed E-state index contributed by atoms with van der Waals surface area (Å²) < 4.78 is 7.57. The molecule has 98 valence electrons. The van der Waals surface area contributed by atoms with E-state index in [2.05, 4.69) is 10.2 Å². The Hall–Kier alpha value is -2.75. The van der Waals surface area contributed by atoms with Crippen molar-refractivity contribution in [2.45, 2.75) is 0 Å². The van der Waals surface area contributed by atoms with Crippen molar-refractivity contribution in [2.75, 3.05) is 0 Å². The van der Waals surface area contributed by atoms with Crippen LogP contribution in [0.4, 0.5) is 0 Å². The third-order valence-electron chi connectivity index (χ3n) is 2.88. The van der Waals surface area contributed by atoms with Crippen LogP contribution in [0.3, 0.4) is 0 Å². The smallest absolute Gasteiger partial charge is 0.248 e. The Morgan fingerprint density at radius 2 is 1.70 bits per heavy atom. The molecule has 0 saturated heterocycles. The van der Waals surface area contributed by atoms with Crippen molar-refractivity contribution in [3.05, 3.63) is 66.3 Å². The summed E-state index contributed by atoms with van der Waals surface area (Å²) >= 11 is 0. The molecule has 4 nitrogen and oxygen atoms in total. The lowest BCUT2D eigenvalue weighted by Gasteiger charge is -1.91. The minimum atomic E-state index is 0.497. The lowest BCUT2D eigenvalue weighted by Crippen LogP contribution is -2.25. The lowest BCUT2D eigenvalue weighted by molar-refractivity contribution is -0.671. The summed E-state index contributed by atoms with van der Waals surface area (Å²) in [7, 11) is 1.96. The average molecular weight is 264 g/mol. The Kier molecular flexibility index (Phi) is 3.37. The first-order chi connectivity index (χ1) is 9.81. The van der Waals surface area contributed by atoms with E-state index in [1.165, 1.54) is 0 Å². The monoisotopic (exact) mass is 264 g/mol. The summed E-state index contributed by atoms with van der Waals surface area (Å²) in [4.78, 5) is 0. The molecular formula is C16H14N3O+. The van der Waals surface area contributed by atoms with Gasteiger partial charge in [0.2, 0.25) is 11.8 Å². The third kappa shape index (κ3) is 2.80. The first kappa shape index (κ1) is 12.3. The normalized spacial score (nSPS) is 11.1. The molecule has 0 aliphatic rings. The van der Waals surface area contributed by atoms with Crippen LogP contribution >= 0.6 is 0 Å². The molecule has 0 aliphatic carbocycles. The maximum absolute atomic E-state index is 5.61. The zero-order valence-electron chi connectivity index (χ0n) is 11.1. The Morgan fingerprint density at radius 1 is 0.950 bits per heavy atom. The molecule has 0 saturated carbocycles. The number of pyridine rings is 1. The topological polar surface area (TPSA) is 42.8 Å². The fourth-order valence-corrected chi connectivity index (χ4v) is 1.79. The highest BCUT2D eigenvalue weighted by molar-refractivity contribution is 5.66. The van der Waals surface area contributed by atoms with Crippen molar-refractivity contribution >= 4 is 12.2 Å². The van der Waals surface area contributed by atoms with Crippen molar-refractivity contribution in [3.8, 4) is 11.5 Å². The van der Waals surface area contributed by atoms with E-state index in [0.717, 1.165) is 11.1 Å². The predicted molar refractivity (Wildman–Crippen MR) is 76.3 cm³/mol. The molecule has 0 fully saturated rings. The number of aryl methyl sites for hydroxylation is 1. The molecule has 0 N–H and O–H groups in total.